The van der Waals surface area contributed by atoms with E-state index in [1.54, 1.807) is 0 Å². The van der Waals surface area contributed by atoms with Crippen LogP contribution in [0.15, 0.2) is 42.5 Å². The maximum Gasteiger partial charge on any atom is 0.223 e. The summed E-state index contributed by atoms with van der Waals surface area (Å²) >= 11 is 0. The van der Waals surface area contributed by atoms with Gasteiger partial charge in [0.2, 0.25) is 5.91 Å². The first-order chi connectivity index (χ1) is 9.69. The Morgan fingerprint density at radius 2 is 2.00 bits per heavy atom. The molecule has 0 aromatic heterocycles. The van der Waals surface area contributed by atoms with Crippen LogP contribution < -0.4 is 5.73 Å². The van der Waals surface area contributed by atoms with Crippen LogP contribution in [0.1, 0.15) is 24.9 Å². The lowest BCUT2D eigenvalue weighted by molar-refractivity contribution is -0.129. The van der Waals surface area contributed by atoms with E-state index in [1.807, 2.05) is 17.0 Å². The zero-order chi connectivity index (χ0) is 14.1. The average molecular weight is 268 g/mol. The fourth-order valence-electron chi connectivity index (χ4n) is 2.99. The van der Waals surface area contributed by atoms with Crippen LogP contribution in [0.2, 0.25) is 0 Å². The van der Waals surface area contributed by atoms with Gasteiger partial charge in [-0.25, -0.2) is 0 Å². The summed E-state index contributed by atoms with van der Waals surface area (Å²) in [6, 6.07) is 14.9. The molecule has 3 rings (SSSR count). The lowest BCUT2D eigenvalue weighted by atomic mass is 10.0. The van der Waals surface area contributed by atoms with Crippen molar-refractivity contribution in [1.29, 1.82) is 0 Å². The van der Waals surface area contributed by atoms with Gasteiger partial charge in [-0.2, -0.15) is 0 Å². The Hall–Kier alpha value is -1.87. The van der Waals surface area contributed by atoms with E-state index in [1.165, 1.54) is 16.3 Å². The monoisotopic (exact) mass is 268 g/mol. The van der Waals surface area contributed by atoms with Crippen LogP contribution in [0.4, 0.5) is 0 Å². The van der Waals surface area contributed by atoms with Crippen LogP contribution >= 0.6 is 0 Å². The van der Waals surface area contributed by atoms with Gasteiger partial charge in [-0.3, -0.25) is 4.79 Å². The first-order valence-electron chi connectivity index (χ1n) is 7.17. The minimum Gasteiger partial charge on any atom is -0.336 e. The van der Waals surface area contributed by atoms with Crippen molar-refractivity contribution in [2.45, 2.75) is 19.4 Å². The Morgan fingerprint density at radius 1 is 1.25 bits per heavy atom. The molecule has 3 heteroatoms. The lowest BCUT2D eigenvalue weighted by Crippen LogP contribution is -2.29. The molecule has 1 fully saturated rings. The molecule has 1 saturated heterocycles. The fourth-order valence-corrected chi connectivity index (χ4v) is 2.99. The smallest absolute Gasteiger partial charge is 0.223 e. The number of rotatable bonds is 3. The number of fused-ring (bicyclic) bond motifs is 1. The zero-order valence-electron chi connectivity index (χ0n) is 11.8. The van der Waals surface area contributed by atoms with Gasteiger partial charge in [0.15, 0.2) is 0 Å². The van der Waals surface area contributed by atoms with E-state index in [0.29, 0.717) is 18.9 Å². The molecule has 2 unspecified atom stereocenters. The number of hydrogen-bond donors (Lipinski definition) is 1. The highest BCUT2D eigenvalue weighted by molar-refractivity contribution is 5.83. The number of likely N-dealkylation sites (tertiary alicyclic amines) is 1. The summed E-state index contributed by atoms with van der Waals surface area (Å²) in [5.41, 5.74) is 6.88. The Balaban J connectivity index is 1.88. The third-order valence-electron chi connectivity index (χ3n) is 4.30. The van der Waals surface area contributed by atoms with Crippen LogP contribution in [-0.4, -0.2) is 23.9 Å². The second-order valence-electron chi connectivity index (χ2n) is 5.63. The van der Waals surface area contributed by atoms with Crippen LogP contribution in [-0.2, 0) is 4.79 Å². The number of nitrogens with zero attached hydrogens (tertiary/aromatic N) is 1. The van der Waals surface area contributed by atoms with Crippen molar-refractivity contribution in [3.05, 3.63) is 48.0 Å². The van der Waals surface area contributed by atoms with Gasteiger partial charge < -0.3 is 10.6 Å². The molecular weight excluding hydrogens is 248 g/mol. The number of nitrogens with two attached hydrogens (primary N) is 1. The Labute approximate surface area is 119 Å². The summed E-state index contributed by atoms with van der Waals surface area (Å²) in [7, 11) is 0. The molecule has 0 bridgehead atoms. The molecule has 104 valence electrons. The quantitative estimate of drug-likeness (QED) is 0.930. The van der Waals surface area contributed by atoms with Crippen molar-refractivity contribution >= 4 is 16.7 Å². The van der Waals surface area contributed by atoms with Gasteiger partial charge in [0, 0.05) is 13.0 Å². The molecule has 2 N–H and O–H groups in total. The second kappa shape index (κ2) is 5.25. The molecule has 1 aliphatic heterocycles. The molecule has 1 aliphatic rings. The summed E-state index contributed by atoms with van der Waals surface area (Å²) in [5.74, 6) is 0.534. The molecule has 2 aromatic rings. The molecule has 20 heavy (non-hydrogen) atoms. The molecule has 3 nitrogen and oxygen atoms in total. The van der Waals surface area contributed by atoms with Crippen LogP contribution in [0, 0.1) is 5.92 Å². The molecule has 2 aromatic carbocycles. The minimum atomic E-state index is 0.114. The van der Waals surface area contributed by atoms with E-state index in [9.17, 15) is 4.79 Å². The topological polar surface area (TPSA) is 46.3 Å². The summed E-state index contributed by atoms with van der Waals surface area (Å²) in [5, 5.41) is 2.45. The van der Waals surface area contributed by atoms with Crippen LogP contribution in [0.3, 0.4) is 0 Å². The summed E-state index contributed by atoms with van der Waals surface area (Å²) < 4.78 is 0. The van der Waals surface area contributed by atoms with E-state index < -0.39 is 0 Å². The van der Waals surface area contributed by atoms with E-state index >= 15 is 0 Å². The van der Waals surface area contributed by atoms with Crippen molar-refractivity contribution in [2.75, 3.05) is 13.1 Å². The maximum atomic E-state index is 12.1. The molecule has 1 amide bonds. The van der Waals surface area contributed by atoms with Gasteiger partial charge >= 0.3 is 0 Å². The van der Waals surface area contributed by atoms with Gasteiger partial charge in [-0.1, -0.05) is 36.4 Å². The SMILES string of the molecule is CC(c1ccc2ccccc2c1)N1CC(CN)CC1=O. The largest absolute Gasteiger partial charge is 0.336 e. The summed E-state index contributed by atoms with van der Waals surface area (Å²) in [6.45, 7) is 3.47. The van der Waals surface area contributed by atoms with Gasteiger partial charge in [-0.15, -0.1) is 0 Å². The predicted molar refractivity (Wildman–Crippen MR) is 81.2 cm³/mol. The van der Waals surface area contributed by atoms with Crippen LogP contribution in [0.5, 0.6) is 0 Å². The third-order valence-corrected chi connectivity index (χ3v) is 4.30. The third kappa shape index (κ3) is 2.29. The number of benzene rings is 2. The summed E-state index contributed by atoms with van der Waals surface area (Å²) in [6.07, 6.45) is 0.592. The number of amides is 1. The molecular formula is C17H20N2O. The second-order valence-corrected chi connectivity index (χ2v) is 5.63. The van der Waals surface area contributed by atoms with E-state index in [0.717, 1.165) is 6.54 Å². The predicted octanol–water partition coefficient (Wildman–Crippen LogP) is 2.71. The lowest BCUT2D eigenvalue weighted by Gasteiger charge is -2.25. The van der Waals surface area contributed by atoms with Crippen LogP contribution in [0.25, 0.3) is 10.8 Å². The van der Waals surface area contributed by atoms with Crippen molar-refractivity contribution in [1.82, 2.24) is 4.90 Å². The summed E-state index contributed by atoms with van der Waals surface area (Å²) in [4.78, 5) is 14.1. The molecule has 1 heterocycles. The van der Waals surface area contributed by atoms with Crippen molar-refractivity contribution in [3.63, 3.8) is 0 Å². The Bertz CT molecular complexity index is 638. The van der Waals surface area contributed by atoms with Gasteiger partial charge in [0.05, 0.1) is 6.04 Å². The highest BCUT2D eigenvalue weighted by atomic mass is 16.2. The zero-order valence-corrected chi connectivity index (χ0v) is 11.8. The Kier molecular flexibility index (Phi) is 3.45. The number of hydrogen-bond acceptors (Lipinski definition) is 2. The first kappa shape index (κ1) is 13.1. The average Bonchev–Trinajstić information content (AvgIpc) is 2.87. The van der Waals surface area contributed by atoms with E-state index in [4.69, 9.17) is 5.73 Å². The minimum absolute atomic E-state index is 0.114. The maximum absolute atomic E-state index is 12.1. The van der Waals surface area contributed by atoms with Crippen molar-refractivity contribution < 1.29 is 4.79 Å². The van der Waals surface area contributed by atoms with Gasteiger partial charge in [-0.05, 0) is 41.8 Å². The Morgan fingerprint density at radius 3 is 2.70 bits per heavy atom. The highest BCUT2D eigenvalue weighted by Crippen LogP contribution is 2.29. The normalized spacial score (nSPS) is 20.6. The molecule has 0 spiro atoms. The number of carbonyl (C=O) groups is 1. The standard InChI is InChI=1S/C17H20N2O/c1-12(19-11-13(10-18)8-17(19)20)15-7-6-14-4-2-3-5-16(14)9-15/h2-7,9,12-13H,8,10-11,18H2,1H3. The highest BCUT2D eigenvalue weighted by Gasteiger charge is 2.32. The molecule has 0 radical (unpaired) electrons. The van der Waals surface area contributed by atoms with Gasteiger partial charge in [0.25, 0.3) is 0 Å². The van der Waals surface area contributed by atoms with Gasteiger partial charge in [0.1, 0.15) is 0 Å². The molecule has 2 atom stereocenters. The molecule has 0 aliphatic carbocycles. The first-order valence-corrected chi connectivity index (χ1v) is 7.17. The van der Waals surface area contributed by atoms with E-state index in [-0.39, 0.29) is 11.9 Å². The fraction of sp³-hybridized carbons (Fsp3) is 0.353. The van der Waals surface area contributed by atoms with Crippen molar-refractivity contribution in [2.24, 2.45) is 11.7 Å². The number of carbonyl (C=O) groups excluding carboxylic acids is 1. The van der Waals surface area contributed by atoms with Crippen molar-refractivity contribution in [3.8, 4) is 0 Å². The molecule has 0 saturated carbocycles. The van der Waals surface area contributed by atoms with E-state index in [2.05, 4.69) is 37.3 Å².